The van der Waals surface area contributed by atoms with Crippen molar-refractivity contribution in [2.45, 2.75) is 37.4 Å². The number of anilines is 1. The molecule has 2 aliphatic heterocycles. The molecule has 22 heavy (non-hydrogen) atoms. The SMILES string of the molecule is N#CC1(F)CCN(C2CCc3cc(Br)ccc3NC2=O)CC1. The number of rotatable bonds is 1. The van der Waals surface area contributed by atoms with Crippen LogP contribution in [0.15, 0.2) is 22.7 Å². The Bertz CT molecular complexity index is 635. The average Bonchev–Trinajstić information content (AvgIpc) is 2.67. The largest absolute Gasteiger partial charge is 0.324 e. The zero-order chi connectivity index (χ0) is 15.7. The highest BCUT2D eigenvalue weighted by Crippen LogP contribution is 2.31. The molecule has 3 rings (SSSR count). The molecule has 0 spiro atoms. The van der Waals surface area contributed by atoms with Crippen molar-refractivity contribution in [3.05, 3.63) is 28.2 Å². The Morgan fingerprint density at radius 1 is 1.41 bits per heavy atom. The molecule has 1 fully saturated rings. The van der Waals surface area contributed by atoms with Gasteiger partial charge in [0.2, 0.25) is 5.91 Å². The molecule has 4 nitrogen and oxygen atoms in total. The molecule has 1 unspecified atom stereocenters. The van der Waals surface area contributed by atoms with Gasteiger partial charge in [0.25, 0.3) is 0 Å². The molecular formula is C16H17BrFN3O. The van der Waals surface area contributed by atoms with Crippen molar-refractivity contribution < 1.29 is 9.18 Å². The van der Waals surface area contributed by atoms with Gasteiger partial charge in [-0.05, 0) is 36.6 Å². The van der Waals surface area contributed by atoms with E-state index < -0.39 is 5.67 Å². The van der Waals surface area contributed by atoms with E-state index in [1.807, 2.05) is 23.1 Å². The van der Waals surface area contributed by atoms with Crippen LogP contribution in [0.2, 0.25) is 0 Å². The van der Waals surface area contributed by atoms with Crippen LogP contribution in [0.4, 0.5) is 10.1 Å². The first kappa shape index (κ1) is 15.4. The van der Waals surface area contributed by atoms with E-state index >= 15 is 0 Å². The molecule has 1 saturated heterocycles. The molecular weight excluding hydrogens is 349 g/mol. The number of likely N-dealkylation sites (tertiary alicyclic amines) is 1. The molecule has 1 aromatic rings. The van der Waals surface area contributed by atoms with Crippen LogP contribution in [0.25, 0.3) is 0 Å². The number of amides is 1. The van der Waals surface area contributed by atoms with Crippen molar-refractivity contribution in [3.63, 3.8) is 0 Å². The number of alkyl halides is 1. The van der Waals surface area contributed by atoms with E-state index in [0.717, 1.165) is 22.1 Å². The summed E-state index contributed by atoms with van der Waals surface area (Å²) in [6, 6.07) is 7.33. The predicted octanol–water partition coefficient (Wildman–Crippen LogP) is 3.03. The summed E-state index contributed by atoms with van der Waals surface area (Å²) in [6.45, 7) is 0.893. The summed E-state index contributed by atoms with van der Waals surface area (Å²) in [5, 5.41) is 11.8. The number of hydrogen-bond acceptors (Lipinski definition) is 3. The molecule has 1 aromatic carbocycles. The van der Waals surface area contributed by atoms with Gasteiger partial charge in [-0.25, -0.2) is 4.39 Å². The van der Waals surface area contributed by atoms with Gasteiger partial charge in [0, 0.05) is 36.1 Å². The van der Waals surface area contributed by atoms with Crippen molar-refractivity contribution in [2.24, 2.45) is 0 Å². The molecule has 0 bridgehead atoms. The topological polar surface area (TPSA) is 56.1 Å². The third kappa shape index (κ3) is 3.01. The van der Waals surface area contributed by atoms with Crippen LogP contribution < -0.4 is 5.32 Å². The highest BCUT2D eigenvalue weighted by molar-refractivity contribution is 9.10. The maximum Gasteiger partial charge on any atom is 0.241 e. The second-order valence-corrected chi connectivity index (χ2v) is 6.87. The molecule has 6 heteroatoms. The lowest BCUT2D eigenvalue weighted by atomic mass is 9.93. The van der Waals surface area contributed by atoms with E-state index in [2.05, 4.69) is 21.2 Å². The van der Waals surface area contributed by atoms with Crippen LogP contribution in [0.5, 0.6) is 0 Å². The summed E-state index contributed by atoms with van der Waals surface area (Å²) >= 11 is 3.45. The Morgan fingerprint density at radius 3 is 2.82 bits per heavy atom. The van der Waals surface area contributed by atoms with Gasteiger partial charge in [-0.1, -0.05) is 15.9 Å². The van der Waals surface area contributed by atoms with Crippen LogP contribution in [-0.4, -0.2) is 35.6 Å². The number of nitriles is 1. The van der Waals surface area contributed by atoms with Gasteiger partial charge in [0.05, 0.1) is 6.04 Å². The fourth-order valence-corrected chi connectivity index (χ4v) is 3.59. The standard InChI is InChI=1S/C16H17BrFN3O/c17-12-2-3-13-11(9-12)1-4-14(15(22)20-13)21-7-5-16(18,10-19)6-8-21/h2-3,9,14H,1,4-8H2,(H,20,22). The van der Waals surface area contributed by atoms with Gasteiger partial charge in [-0.2, -0.15) is 5.26 Å². The number of carbonyl (C=O) groups is 1. The number of fused-ring (bicyclic) bond motifs is 1. The van der Waals surface area contributed by atoms with Gasteiger partial charge in [-0.3, -0.25) is 9.69 Å². The normalized spacial score (nSPS) is 24.8. The van der Waals surface area contributed by atoms with E-state index in [-0.39, 0.29) is 24.8 Å². The van der Waals surface area contributed by atoms with Crippen molar-refractivity contribution in [1.82, 2.24) is 4.90 Å². The van der Waals surface area contributed by atoms with E-state index in [9.17, 15) is 9.18 Å². The third-order valence-electron chi connectivity index (χ3n) is 4.55. The summed E-state index contributed by atoms with van der Waals surface area (Å²) in [6.07, 6.45) is 1.85. The third-order valence-corrected chi connectivity index (χ3v) is 5.04. The number of halogens is 2. The molecule has 1 N–H and O–H groups in total. The Morgan fingerprint density at radius 2 is 2.14 bits per heavy atom. The van der Waals surface area contributed by atoms with Gasteiger partial charge in [0.15, 0.2) is 5.67 Å². The van der Waals surface area contributed by atoms with E-state index in [1.54, 1.807) is 6.07 Å². The molecule has 0 saturated carbocycles. The average molecular weight is 366 g/mol. The number of hydrogen-bond donors (Lipinski definition) is 1. The van der Waals surface area contributed by atoms with E-state index in [1.165, 1.54) is 0 Å². The summed E-state index contributed by atoms with van der Waals surface area (Å²) < 4.78 is 15.0. The van der Waals surface area contributed by atoms with Gasteiger partial charge >= 0.3 is 0 Å². The highest BCUT2D eigenvalue weighted by atomic mass is 79.9. The highest BCUT2D eigenvalue weighted by Gasteiger charge is 2.38. The van der Waals surface area contributed by atoms with Crippen molar-refractivity contribution >= 4 is 27.5 Å². The van der Waals surface area contributed by atoms with Crippen LogP contribution in [-0.2, 0) is 11.2 Å². The smallest absolute Gasteiger partial charge is 0.241 e. The number of benzene rings is 1. The molecule has 2 aliphatic rings. The zero-order valence-corrected chi connectivity index (χ0v) is 13.7. The molecule has 0 aromatic heterocycles. The lowest BCUT2D eigenvalue weighted by molar-refractivity contribution is -0.122. The first-order valence-corrected chi connectivity index (χ1v) is 8.23. The van der Waals surface area contributed by atoms with Crippen molar-refractivity contribution in [1.29, 1.82) is 5.26 Å². The Hall–Kier alpha value is -1.45. The fourth-order valence-electron chi connectivity index (χ4n) is 3.18. The lowest BCUT2D eigenvalue weighted by Crippen LogP contribution is -2.50. The summed E-state index contributed by atoms with van der Waals surface area (Å²) in [4.78, 5) is 14.5. The Balaban J connectivity index is 1.73. The summed E-state index contributed by atoms with van der Waals surface area (Å²) in [5.41, 5.74) is 0.231. The number of nitrogens with one attached hydrogen (secondary N) is 1. The minimum atomic E-state index is -1.73. The maximum absolute atomic E-state index is 14.0. The molecule has 116 valence electrons. The number of aryl methyl sites for hydroxylation is 1. The quantitative estimate of drug-likeness (QED) is 0.831. The summed E-state index contributed by atoms with van der Waals surface area (Å²) in [7, 11) is 0. The minimum absolute atomic E-state index is 0.0376. The van der Waals surface area contributed by atoms with Crippen LogP contribution in [0, 0.1) is 11.3 Å². The Kier molecular flexibility index (Phi) is 4.20. The first-order valence-electron chi connectivity index (χ1n) is 7.44. The summed E-state index contributed by atoms with van der Waals surface area (Å²) in [5.74, 6) is -0.0376. The molecule has 0 radical (unpaired) electrons. The second-order valence-electron chi connectivity index (χ2n) is 5.96. The van der Waals surface area contributed by atoms with Crippen molar-refractivity contribution in [2.75, 3.05) is 18.4 Å². The maximum atomic E-state index is 14.0. The number of nitrogens with zero attached hydrogens (tertiary/aromatic N) is 2. The molecule has 1 amide bonds. The van der Waals surface area contributed by atoms with Crippen LogP contribution in [0.1, 0.15) is 24.8 Å². The van der Waals surface area contributed by atoms with E-state index in [4.69, 9.17) is 5.26 Å². The zero-order valence-electron chi connectivity index (χ0n) is 12.1. The monoisotopic (exact) mass is 365 g/mol. The molecule has 0 aliphatic carbocycles. The van der Waals surface area contributed by atoms with Gasteiger partial charge < -0.3 is 5.32 Å². The minimum Gasteiger partial charge on any atom is -0.324 e. The van der Waals surface area contributed by atoms with Crippen LogP contribution in [0.3, 0.4) is 0 Å². The number of carbonyl (C=O) groups excluding carboxylic acids is 1. The lowest BCUT2D eigenvalue weighted by Gasteiger charge is -2.36. The number of piperidine rings is 1. The first-order chi connectivity index (χ1) is 10.5. The van der Waals surface area contributed by atoms with Crippen molar-refractivity contribution in [3.8, 4) is 6.07 Å². The van der Waals surface area contributed by atoms with Gasteiger partial charge in [-0.15, -0.1) is 0 Å². The Labute approximate surface area is 137 Å². The van der Waals surface area contributed by atoms with Gasteiger partial charge in [0.1, 0.15) is 6.07 Å². The molecule has 2 heterocycles. The predicted molar refractivity (Wildman–Crippen MR) is 85.1 cm³/mol. The second kappa shape index (κ2) is 5.98. The molecule has 1 atom stereocenters. The fraction of sp³-hybridized carbons (Fsp3) is 0.500. The van der Waals surface area contributed by atoms with E-state index in [0.29, 0.717) is 19.5 Å². The van der Waals surface area contributed by atoms with Crippen LogP contribution >= 0.6 is 15.9 Å².